The molecule has 0 unspecified atom stereocenters. The van der Waals surface area contributed by atoms with E-state index in [0.29, 0.717) is 38.2 Å². The number of aryl methyl sites for hydroxylation is 1. The van der Waals surface area contributed by atoms with E-state index in [1.54, 1.807) is 0 Å². The first-order valence-electron chi connectivity index (χ1n) is 9.39. The van der Waals surface area contributed by atoms with Gasteiger partial charge in [0.1, 0.15) is 0 Å². The van der Waals surface area contributed by atoms with E-state index in [4.69, 9.17) is 0 Å². The number of nitrogens with zero attached hydrogens (tertiary/aromatic N) is 2. The van der Waals surface area contributed by atoms with E-state index < -0.39 is 0 Å². The number of H-pyrrole nitrogens is 1. The molecule has 2 heterocycles. The number of aromatic amines is 1. The molecule has 1 fully saturated rings. The number of piperazine rings is 1. The molecule has 3 aromatic rings. The molecule has 0 saturated carbocycles. The maximum atomic E-state index is 12.8. The van der Waals surface area contributed by atoms with Gasteiger partial charge in [0.15, 0.2) is 0 Å². The lowest BCUT2D eigenvalue weighted by Gasteiger charge is -2.35. The largest absolute Gasteiger partial charge is 0.361 e. The van der Waals surface area contributed by atoms with Crippen LogP contribution in [0.5, 0.6) is 0 Å². The highest BCUT2D eigenvalue weighted by Crippen LogP contribution is 2.17. The molecule has 1 N–H and O–H groups in total. The number of benzene rings is 2. The number of aromatic nitrogens is 1. The summed E-state index contributed by atoms with van der Waals surface area (Å²) in [7, 11) is 0. The van der Waals surface area contributed by atoms with E-state index in [1.165, 1.54) is 5.56 Å². The van der Waals surface area contributed by atoms with Crippen LogP contribution >= 0.6 is 0 Å². The number of nitrogens with one attached hydrogen (secondary N) is 1. The monoisotopic (exact) mass is 361 g/mol. The second-order valence-electron chi connectivity index (χ2n) is 6.94. The zero-order valence-electron chi connectivity index (χ0n) is 15.2. The average molecular weight is 361 g/mol. The Labute approximate surface area is 158 Å². The molecule has 0 spiro atoms. The number of carbonyl (C=O) groups excluding carboxylic acids is 2. The lowest BCUT2D eigenvalue weighted by molar-refractivity contribution is -0.132. The lowest BCUT2D eigenvalue weighted by Crippen LogP contribution is -2.50. The lowest BCUT2D eigenvalue weighted by atomic mass is 10.1. The van der Waals surface area contributed by atoms with E-state index in [1.807, 2.05) is 70.6 Å². The van der Waals surface area contributed by atoms with Crippen molar-refractivity contribution >= 4 is 22.7 Å². The molecule has 5 heteroatoms. The molecule has 1 aromatic heterocycles. The maximum absolute atomic E-state index is 12.8. The number of hydrogen-bond acceptors (Lipinski definition) is 2. The van der Waals surface area contributed by atoms with E-state index in [-0.39, 0.29) is 11.8 Å². The van der Waals surface area contributed by atoms with Gasteiger partial charge < -0.3 is 14.8 Å². The standard InChI is InChI=1S/C22H23N3O2/c26-21(9-6-17-4-2-1-3-5-17)24-12-14-25(15-13-24)22(27)19-8-7-18-10-11-23-20(18)16-19/h1-5,7-8,10-11,16,23H,6,9,12-15H2. The topological polar surface area (TPSA) is 56.4 Å². The molecule has 0 atom stereocenters. The molecule has 0 aliphatic carbocycles. The van der Waals surface area contributed by atoms with Crippen LogP contribution in [0, 0.1) is 0 Å². The first kappa shape index (κ1) is 17.3. The predicted octanol–water partition coefficient (Wildman–Crippen LogP) is 3.09. The third-order valence-corrected chi connectivity index (χ3v) is 5.19. The molecule has 27 heavy (non-hydrogen) atoms. The fourth-order valence-corrected chi connectivity index (χ4v) is 3.58. The van der Waals surface area contributed by atoms with Gasteiger partial charge in [0.2, 0.25) is 5.91 Å². The Morgan fingerprint density at radius 3 is 2.41 bits per heavy atom. The number of amides is 2. The highest BCUT2D eigenvalue weighted by molar-refractivity contribution is 5.98. The first-order chi connectivity index (χ1) is 13.2. The van der Waals surface area contributed by atoms with Gasteiger partial charge in [-0.3, -0.25) is 9.59 Å². The summed E-state index contributed by atoms with van der Waals surface area (Å²) >= 11 is 0. The van der Waals surface area contributed by atoms with Gasteiger partial charge in [0, 0.05) is 49.9 Å². The van der Waals surface area contributed by atoms with E-state index in [0.717, 1.165) is 17.3 Å². The fourth-order valence-electron chi connectivity index (χ4n) is 3.58. The van der Waals surface area contributed by atoms with Crippen LogP contribution in [0.4, 0.5) is 0 Å². The van der Waals surface area contributed by atoms with Crippen LogP contribution in [-0.4, -0.2) is 52.8 Å². The fraction of sp³-hybridized carbons (Fsp3) is 0.273. The van der Waals surface area contributed by atoms with Crippen LogP contribution < -0.4 is 0 Å². The minimum absolute atomic E-state index is 0.0304. The average Bonchev–Trinajstić information content (AvgIpc) is 3.20. The van der Waals surface area contributed by atoms with Gasteiger partial charge >= 0.3 is 0 Å². The van der Waals surface area contributed by atoms with Gasteiger partial charge in [-0.2, -0.15) is 0 Å². The van der Waals surface area contributed by atoms with Gasteiger partial charge in [-0.05, 0) is 35.6 Å². The number of carbonyl (C=O) groups is 2. The molecule has 4 rings (SSSR count). The quantitative estimate of drug-likeness (QED) is 0.776. The van der Waals surface area contributed by atoms with Crippen LogP contribution in [0.2, 0.25) is 0 Å². The third-order valence-electron chi connectivity index (χ3n) is 5.19. The summed E-state index contributed by atoms with van der Waals surface area (Å²) < 4.78 is 0. The van der Waals surface area contributed by atoms with Gasteiger partial charge in [0.05, 0.1) is 0 Å². The third kappa shape index (κ3) is 3.87. The Balaban J connectivity index is 1.31. The molecular formula is C22H23N3O2. The number of fused-ring (bicyclic) bond motifs is 1. The molecule has 5 nitrogen and oxygen atoms in total. The molecule has 138 valence electrons. The Morgan fingerprint density at radius 2 is 1.63 bits per heavy atom. The summed E-state index contributed by atoms with van der Waals surface area (Å²) in [6.45, 7) is 2.37. The van der Waals surface area contributed by atoms with Crippen molar-refractivity contribution in [1.82, 2.24) is 14.8 Å². The molecule has 1 saturated heterocycles. The Bertz CT molecular complexity index is 940. The molecule has 2 amide bonds. The van der Waals surface area contributed by atoms with Crippen molar-refractivity contribution in [3.63, 3.8) is 0 Å². The van der Waals surface area contributed by atoms with Crippen molar-refractivity contribution in [3.8, 4) is 0 Å². The highest BCUT2D eigenvalue weighted by Gasteiger charge is 2.24. The van der Waals surface area contributed by atoms with Crippen molar-refractivity contribution < 1.29 is 9.59 Å². The normalized spacial score (nSPS) is 14.5. The smallest absolute Gasteiger partial charge is 0.254 e. The van der Waals surface area contributed by atoms with Gasteiger partial charge in [0.25, 0.3) is 5.91 Å². The van der Waals surface area contributed by atoms with Gasteiger partial charge in [-0.15, -0.1) is 0 Å². The maximum Gasteiger partial charge on any atom is 0.254 e. The van der Waals surface area contributed by atoms with Crippen molar-refractivity contribution in [2.45, 2.75) is 12.8 Å². The number of rotatable bonds is 4. The van der Waals surface area contributed by atoms with Gasteiger partial charge in [-0.25, -0.2) is 0 Å². The Hall–Kier alpha value is -3.08. The van der Waals surface area contributed by atoms with E-state index in [2.05, 4.69) is 4.98 Å². The van der Waals surface area contributed by atoms with Crippen molar-refractivity contribution in [2.75, 3.05) is 26.2 Å². The summed E-state index contributed by atoms with van der Waals surface area (Å²) in [5.74, 6) is 0.196. The summed E-state index contributed by atoms with van der Waals surface area (Å²) in [5, 5.41) is 1.10. The first-order valence-corrected chi connectivity index (χ1v) is 9.39. The van der Waals surface area contributed by atoms with Gasteiger partial charge in [-0.1, -0.05) is 36.4 Å². The molecule has 2 aromatic carbocycles. The number of hydrogen-bond donors (Lipinski definition) is 1. The zero-order valence-corrected chi connectivity index (χ0v) is 15.2. The van der Waals surface area contributed by atoms with Crippen molar-refractivity contribution in [3.05, 3.63) is 71.9 Å². The van der Waals surface area contributed by atoms with Crippen LogP contribution in [0.3, 0.4) is 0 Å². The highest BCUT2D eigenvalue weighted by atomic mass is 16.2. The molecule has 1 aliphatic heterocycles. The Kier molecular flexibility index (Phi) is 4.92. The molecule has 0 bridgehead atoms. The summed E-state index contributed by atoms with van der Waals surface area (Å²) in [4.78, 5) is 32.1. The molecule has 1 aliphatic rings. The zero-order chi connectivity index (χ0) is 18.6. The van der Waals surface area contributed by atoms with Crippen LogP contribution in [0.1, 0.15) is 22.3 Å². The van der Waals surface area contributed by atoms with E-state index >= 15 is 0 Å². The van der Waals surface area contributed by atoms with Crippen LogP contribution in [0.25, 0.3) is 10.9 Å². The minimum atomic E-state index is 0.0304. The summed E-state index contributed by atoms with van der Waals surface area (Å²) in [6, 6.07) is 17.8. The predicted molar refractivity (Wildman–Crippen MR) is 106 cm³/mol. The molecule has 0 radical (unpaired) electrons. The van der Waals surface area contributed by atoms with Crippen LogP contribution in [-0.2, 0) is 11.2 Å². The summed E-state index contributed by atoms with van der Waals surface area (Å²) in [6.07, 6.45) is 3.15. The summed E-state index contributed by atoms with van der Waals surface area (Å²) in [5.41, 5.74) is 2.84. The molecular weight excluding hydrogens is 338 g/mol. The van der Waals surface area contributed by atoms with Crippen molar-refractivity contribution in [1.29, 1.82) is 0 Å². The van der Waals surface area contributed by atoms with E-state index in [9.17, 15) is 9.59 Å². The second-order valence-corrected chi connectivity index (χ2v) is 6.94. The second kappa shape index (κ2) is 7.66. The SMILES string of the molecule is O=C(CCc1ccccc1)N1CCN(C(=O)c2ccc3cc[nH]c3c2)CC1. The van der Waals surface area contributed by atoms with Crippen molar-refractivity contribution in [2.24, 2.45) is 0 Å². The Morgan fingerprint density at radius 1 is 0.889 bits per heavy atom. The minimum Gasteiger partial charge on any atom is -0.361 e. The van der Waals surface area contributed by atoms with Crippen LogP contribution in [0.15, 0.2) is 60.8 Å².